The molecule has 6 rings (SSSR count). The summed E-state index contributed by atoms with van der Waals surface area (Å²) >= 11 is 0. The number of rotatable bonds is 8. The number of amides is 1. The van der Waals surface area contributed by atoms with Gasteiger partial charge in [0, 0.05) is 48.2 Å². The Hall–Kier alpha value is -4.07. The largest absolute Gasteiger partial charge is 0.489 e. The van der Waals surface area contributed by atoms with Crippen LogP contribution in [0.2, 0.25) is 0 Å². The molecule has 0 bridgehead atoms. The second-order valence-electron chi connectivity index (χ2n) is 9.36. The topological polar surface area (TPSA) is 86.0 Å². The average molecular weight is 481 g/mol. The van der Waals surface area contributed by atoms with Gasteiger partial charge in [0.25, 0.3) is 5.91 Å². The Labute approximate surface area is 210 Å². The summed E-state index contributed by atoms with van der Waals surface area (Å²) in [6, 6.07) is 13.9. The summed E-state index contributed by atoms with van der Waals surface area (Å²) in [5, 5.41) is 4.81. The van der Waals surface area contributed by atoms with Crippen LogP contribution >= 0.6 is 0 Å². The highest BCUT2D eigenvalue weighted by molar-refractivity contribution is 6.03. The molecule has 0 radical (unpaired) electrons. The predicted octanol–water partition coefficient (Wildman–Crippen LogP) is 4.72. The number of carbonyl (C=O) groups is 1. The first-order valence-corrected chi connectivity index (χ1v) is 12.6. The summed E-state index contributed by atoms with van der Waals surface area (Å²) in [6.07, 6.45) is 8.51. The van der Waals surface area contributed by atoms with Crippen LogP contribution in [0.5, 0.6) is 5.75 Å². The molecule has 36 heavy (non-hydrogen) atoms. The fourth-order valence-electron chi connectivity index (χ4n) is 4.70. The summed E-state index contributed by atoms with van der Waals surface area (Å²) in [7, 11) is 0. The Bertz CT molecular complexity index is 1360. The number of aromatic nitrogens is 5. The SMILES string of the molecule is CCCN1CCn2nc(-c3ccncn3)c(-c3ccc(OCc4ccc(C5CC5)nc4)cc3)c2C1=O. The number of fused-ring (bicyclic) bond motifs is 1. The molecule has 8 heteroatoms. The first-order chi connectivity index (χ1) is 17.7. The molecular formula is C28H28N6O2. The van der Waals surface area contributed by atoms with Crippen LogP contribution in [0.3, 0.4) is 0 Å². The first-order valence-electron chi connectivity index (χ1n) is 12.6. The van der Waals surface area contributed by atoms with Crippen LogP contribution in [0.4, 0.5) is 0 Å². The molecule has 1 aliphatic heterocycles. The van der Waals surface area contributed by atoms with Gasteiger partial charge in [0.05, 0.1) is 12.2 Å². The van der Waals surface area contributed by atoms with Crippen LogP contribution in [0.15, 0.2) is 61.2 Å². The van der Waals surface area contributed by atoms with E-state index in [1.165, 1.54) is 24.9 Å². The summed E-state index contributed by atoms with van der Waals surface area (Å²) in [5.74, 6) is 1.41. The van der Waals surface area contributed by atoms with Crippen molar-refractivity contribution in [2.24, 2.45) is 0 Å². The molecule has 1 saturated carbocycles. The molecule has 1 aromatic carbocycles. The van der Waals surface area contributed by atoms with Crippen LogP contribution in [-0.2, 0) is 13.2 Å². The van der Waals surface area contributed by atoms with E-state index in [2.05, 4.69) is 34.0 Å². The third-order valence-corrected chi connectivity index (χ3v) is 6.73. The maximum Gasteiger partial charge on any atom is 0.272 e. The molecule has 1 aliphatic carbocycles. The van der Waals surface area contributed by atoms with Gasteiger partial charge in [-0.2, -0.15) is 5.10 Å². The van der Waals surface area contributed by atoms with Crippen LogP contribution in [0.1, 0.15) is 53.8 Å². The number of hydrogen-bond donors (Lipinski definition) is 0. The van der Waals surface area contributed by atoms with Crippen molar-refractivity contribution >= 4 is 5.91 Å². The zero-order chi connectivity index (χ0) is 24.5. The molecule has 4 aromatic rings. The van der Waals surface area contributed by atoms with Gasteiger partial charge in [-0.25, -0.2) is 9.97 Å². The molecule has 182 valence electrons. The van der Waals surface area contributed by atoms with Crippen LogP contribution in [-0.4, -0.2) is 48.6 Å². The van der Waals surface area contributed by atoms with Crippen molar-refractivity contribution in [3.8, 4) is 28.3 Å². The Kier molecular flexibility index (Phi) is 5.93. The molecule has 1 fully saturated rings. The van der Waals surface area contributed by atoms with Gasteiger partial charge in [0.15, 0.2) is 0 Å². The zero-order valence-corrected chi connectivity index (χ0v) is 20.3. The molecule has 0 spiro atoms. The monoisotopic (exact) mass is 480 g/mol. The van der Waals surface area contributed by atoms with E-state index in [1.807, 2.05) is 46.1 Å². The van der Waals surface area contributed by atoms with E-state index in [0.29, 0.717) is 42.7 Å². The van der Waals surface area contributed by atoms with Crippen molar-refractivity contribution in [2.75, 3.05) is 13.1 Å². The smallest absolute Gasteiger partial charge is 0.272 e. The summed E-state index contributed by atoms with van der Waals surface area (Å²) in [6.45, 7) is 4.59. The van der Waals surface area contributed by atoms with E-state index in [-0.39, 0.29) is 5.91 Å². The number of benzene rings is 1. The lowest BCUT2D eigenvalue weighted by molar-refractivity contribution is 0.0699. The molecule has 0 N–H and O–H groups in total. The standard InChI is InChI=1S/C28H28N6O2/c1-2-13-33-14-15-34-27(28(33)35)25(26(32-34)24-11-12-29-18-31-24)21-6-8-22(9-7-21)36-17-19-3-10-23(30-16-19)20-4-5-20/h3,6-12,16,18,20H,2,4-5,13-15,17H2,1H3. The lowest BCUT2D eigenvalue weighted by atomic mass is 9.99. The number of ether oxygens (including phenoxy) is 1. The highest BCUT2D eigenvalue weighted by atomic mass is 16.5. The lowest BCUT2D eigenvalue weighted by Gasteiger charge is -2.27. The number of pyridine rings is 1. The summed E-state index contributed by atoms with van der Waals surface area (Å²) in [5.41, 5.74) is 5.92. The lowest BCUT2D eigenvalue weighted by Crippen LogP contribution is -2.41. The molecule has 0 unspecified atom stereocenters. The summed E-state index contributed by atoms with van der Waals surface area (Å²) in [4.78, 5) is 28.4. The van der Waals surface area contributed by atoms with E-state index in [1.54, 1.807) is 6.20 Å². The fourth-order valence-corrected chi connectivity index (χ4v) is 4.70. The number of hydrogen-bond acceptors (Lipinski definition) is 6. The van der Waals surface area contributed by atoms with Gasteiger partial charge in [-0.15, -0.1) is 0 Å². The second kappa shape index (κ2) is 9.53. The Balaban J connectivity index is 1.28. The van der Waals surface area contributed by atoms with Gasteiger partial charge in [-0.05, 0) is 49.1 Å². The molecule has 4 heterocycles. The van der Waals surface area contributed by atoms with Crippen molar-refractivity contribution < 1.29 is 9.53 Å². The maximum atomic E-state index is 13.4. The van der Waals surface area contributed by atoms with E-state index >= 15 is 0 Å². The third-order valence-electron chi connectivity index (χ3n) is 6.73. The van der Waals surface area contributed by atoms with Crippen LogP contribution < -0.4 is 4.74 Å². The van der Waals surface area contributed by atoms with Crippen molar-refractivity contribution in [1.29, 1.82) is 0 Å². The second-order valence-corrected chi connectivity index (χ2v) is 9.36. The van der Waals surface area contributed by atoms with Crippen LogP contribution in [0.25, 0.3) is 22.5 Å². The molecule has 0 atom stereocenters. The Morgan fingerprint density at radius 1 is 1.03 bits per heavy atom. The fraction of sp³-hybridized carbons (Fsp3) is 0.321. The summed E-state index contributed by atoms with van der Waals surface area (Å²) < 4.78 is 7.84. The van der Waals surface area contributed by atoms with E-state index in [4.69, 9.17) is 9.84 Å². The van der Waals surface area contributed by atoms with E-state index < -0.39 is 0 Å². The van der Waals surface area contributed by atoms with Gasteiger partial charge in [0.1, 0.15) is 30.1 Å². The van der Waals surface area contributed by atoms with Gasteiger partial charge in [-0.1, -0.05) is 25.1 Å². The molecule has 1 amide bonds. The minimum Gasteiger partial charge on any atom is -0.489 e. The molecule has 3 aromatic heterocycles. The third kappa shape index (κ3) is 4.34. The van der Waals surface area contributed by atoms with E-state index in [0.717, 1.165) is 35.4 Å². The highest BCUT2D eigenvalue weighted by Crippen LogP contribution is 2.39. The van der Waals surface area contributed by atoms with Crippen molar-refractivity contribution in [3.05, 3.63) is 78.1 Å². The number of nitrogens with zero attached hydrogens (tertiary/aromatic N) is 6. The van der Waals surface area contributed by atoms with Gasteiger partial charge in [-0.3, -0.25) is 14.5 Å². The minimum absolute atomic E-state index is 0.00776. The first kappa shape index (κ1) is 22.4. The van der Waals surface area contributed by atoms with Gasteiger partial charge in [0.2, 0.25) is 0 Å². The van der Waals surface area contributed by atoms with E-state index in [9.17, 15) is 4.79 Å². The molecule has 2 aliphatic rings. The highest BCUT2D eigenvalue weighted by Gasteiger charge is 2.32. The Morgan fingerprint density at radius 2 is 1.89 bits per heavy atom. The molecule has 0 saturated heterocycles. The van der Waals surface area contributed by atoms with Crippen molar-refractivity contribution in [1.82, 2.24) is 29.6 Å². The van der Waals surface area contributed by atoms with Gasteiger partial charge >= 0.3 is 0 Å². The maximum absolute atomic E-state index is 13.4. The van der Waals surface area contributed by atoms with Crippen molar-refractivity contribution in [2.45, 2.75) is 45.3 Å². The van der Waals surface area contributed by atoms with Crippen molar-refractivity contribution in [3.63, 3.8) is 0 Å². The zero-order valence-electron chi connectivity index (χ0n) is 20.3. The minimum atomic E-state index is 0.00776. The Morgan fingerprint density at radius 3 is 2.58 bits per heavy atom. The molecular weight excluding hydrogens is 452 g/mol. The molecule has 8 nitrogen and oxygen atoms in total. The quantitative estimate of drug-likeness (QED) is 0.363. The normalized spacial score (nSPS) is 15.1. The average Bonchev–Trinajstić information content (AvgIpc) is 3.70. The predicted molar refractivity (Wildman–Crippen MR) is 135 cm³/mol. The van der Waals surface area contributed by atoms with Crippen LogP contribution in [0, 0.1) is 0 Å². The van der Waals surface area contributed by atoms with Gasteiger partial charge < -0.3 is 9.64 Å². The number of carbonyl (C=O) groups excluding carboxylic acids is 1.